The average molecular weight is 399 g/mol. The van der Waals surface area contributed by atoms with Crippen molar-refractivity contribution >= 4 is 5.96 Å². The molecule has 6 nitrogen and oxygen atoms in total. The number of rotatable bonds is 7. The van der Waals surface area contributed by atoms with E-state index in [0.29, 0.717) is 18.5 Å². The molecule has 28 heavy (non-hydrogen) atoms. The van der Waals surface area contributed by atoms with Crippen LogP contribution in [0.4, 0.5) is 13.2 Å². The second kappa shape index (κ2) is 10.3. The van der Waals surface area contributed by atoms with Gasteiger partial charge in [-0.25, -0.2) is 4.98 Å². The van der Waals surface area contributed by atoms with Crippen LogP contribution < -0.4 is 15.4 Å². The molecular formula is C19H28F3N5O. The molecule has 2 rings (SSSR count). The molecule has 2 N–H and O–H groups in total. The van der Waals surface area contributed by atoms with Gasteiger partial charge in [0.25, 0.3) is 0 Å². The molecule has 0 spiro atoms. The minimum Gasteiger partial charge on any atom is -0.476 e. The Labute approximate surface area is 163 Å². The highest BCUT2D eigenvalue weighted by Gasteiger charge is 2.30. The van der Waals surface area contributed by atoms with Crippen LogP contribution in [0.3, 0.4) is 0 Å². The van der Waals surface area contributed by atoms with Crippen molar-refractivity contribution in [2.45, 2.75) is 32.0 Å². The van der Waals surface area contributed by atoms with Gasteiger partial charge < -0.3 is 15.4 Å². The summed E-state index contributed by atoms with van der Waals surface area (Å²) in [7, 11) is 1.70. The monoisotopic (exact) mass is 399 g/mol. The molecule has 0 aromatic carbocycles. The van der Waals surface area contributed by atoms with Gasteiger partial charge >= 0.3 is 6.18 Å². The smallest absolute Gasteiger partial charge is 0.417 e. The Kier molecular flexibility index (Phi) is 8.10. The quantitative estimate of drug-likeness (QED) is 0.320. The van der Waals surface area contributed by atoms with Crippen molar-refractivity contribution in [1.82, 2.24) is 20.5 Å². The lowest BCUT2D eigenvalue weighted by atomic mass is 10.0. The zero-order valence-corrected chi connectivity index (χ0v) is 16.4. The first-order chi connectivity index (χ1) is 13.3. The van der Waals surface area contributed by atoms with Crippen molar-refractivity contribution in [2.24, 2.45) is 4.99 Å². The minimum absolute atomic E-state index is 0.155. The van der Waals surface area contributed by atoms with Crippen LogP contribution in [0.25, 0.3) is 0 Å². The van der Waals surface area contributed by atoms with E-state index < -0.39 is 11.7 Å². The minimum atomic E-state index is -4.40. The predicted octanol–water partition coefficient (Wildman–Crippen LogP) is 2.68. The summed E-state index contributed by atoms with van der Waals surface area (Å²) in [6, 6.07) is 2.52. The second-order valence-electron chi connectivity index (χ2n) is 6.88. The zero-order chi connectivity index (χ0) is 20.6. The van der Waals surface area contributed by atoms with E-state index in [4.69, 9.17) is 4.74 Å². The van der Waals surface area contributed by atoms with Gasteiger partial charge in [-0.2, -0.15) is 13.2 Å². The van der Waals surface area contributed by atoms with Crippen molar-refractivity contribution in [1.29, 1.82) is 0 Å². The van der Waals surface area contributed by atoms with E-state index in [-0.39, 0.29) is 12.5 Å². The highest BCUT2D eigenvalue weighted by atomic mass is 19.4. The molecule has 0 atom stereocenters. The van der Waals surface area contributed by atoms with Gasteiger partial charge in [-0.3, -0.25) is 9.89 Å². The summed E-state index contributed by atoms with van der Waals surface area (Å²) < 4.78 is 42.9. The van der Waals surface area contributed by atoms with Crippen molar-refractivity contribution < 1.29 is 17.9 Å². The fourth-order valence-electron chi connectivity index (χ4n) is 2.96. The first kappa shape index (κ1) is 22.0. The molecule has 2 heterocycles. The van der Waals surface area contributed by atoms with E-state index >= 15 is 0 Å². The van der Waals surface area contributed by atoms with Crippen LogP contribution in [-0.2, 0) is 6.18 Å². The Bertz CT molecular complexity index is 653. The molecule has 1 saturated heterocycles. The molecule has 0 saturated carbocycles. The van der Waals surface area contributed by atoms with Gasteiger partial charge in [0.1, 0.15) is 6.61 Å². The summed E-state index contributed by atoms with van der Waals surface area (Å²) in [6.07, 6.45) is -1.57. The molecule has 1 fully saturated rings. The number of ether oxygens (including phenoxy) is 1. The molecule has 0 bridgehead atoms. The number of guanidine groups is 1. The van der Waals surface area contributed by atoms with E-state index in [1.807, 2.05) is 6.92 Å². The van der Waals surface area contributed by atoms with Crippen molar-refractivity contribution in [3.63, 3.8) is 0 Å². The molecule has 0 amide bonds. The lowest BCUT2D eigenvalue weighted by Crippen LogP contribution is -2.49. The predicted molar refractivity (Wildman–Crippen MR) is 104 cm³/mol. The maximum absolute atomic E-state index is 12.5. The van der Waals surface area contributed by atoms with Crippen LogP contribution in [-0.4, -0.2) is 61.7 Å². The van der Waals surface area contributed by atoms with Gasteiger partial charge in [-0.05, 0) is 25.8 Å². The fraction of sp³-hybridized carbons (Fsp3) is 0.579. The van der Waals surface area contributed by atoms with Crippen LogP contribution in [0.2, 0.25) is 0 Å². The lowest BCUT2D eigenvalue weighted by molar-refractivity contribution is -0.137. The number of likely N-dealkylation sites (tertiary alicyclic amines) is 1. The summed E-state index contributed by atoms with van der Waals surface area (Å²) in [5.74, 6) is 0.838. The topological polar surface area (TPSA) is 61.8 Å². The molecule has 1 aromatic heterocycles. The number of pyridine rings is 1. The molecule has 9 heteroatoms. The fourth-order valence-corrected chi connectivity index (χ4v) is 2.96. The number of hydrogen-bond acceptors (Lipinski definition) is 4. The largest absolute Gasteiger partial charge is 0.476 e. The Hall–Kier alpha value is -2.29. The summed E-state index contributed by atoms with van der Waals surface area (Å²) in [6.45, 7) is 9.69. The number of aromatic nitrogens is 1. The third kappa shape index (κ3) is 7.38. The number of nitrogens with one attached hydrogen (secondary N) is 2. The molecule has 1 aliphatic heterocycles. The van der Waals surface area contributed by atoms with Crippen LogP contribution in [0.15, 0.2) is 35.5 Å². The highest BCUT2D eigenvalue weighted by molar-refractivity contribution is 5.79. The molecule has 0 aliphatic carbocycles. The summed E-state index contributed by atoms with van der Waals surface area (Å²) in [5, 5.41) is 6.54. The van der Waals surface area contributed by atoms with E-state index in [9.17, 15) is 13.2 Å². The van der Waals surface area contributed by atoms with Crippen molar-refractivity contribution in [2.75, 3.05) is 39.8 Å². The maximum atomic E-state index is 12.5. The third-order valence-corrected chi connectivity index (χ3v) is 4.35. The average Bonchev–Trinajstić information content (AvgIpc) is 2.65. The number of alkyl halides is 3. The van der Waals surface area contributed by atoms with Gasteiger partial charge in [0.05, 0.1) is 12.1 Å². The Balaban J connectivity index is 1.67. The third-order valence-electron chi connectivity index (χ3n) is 4.35. The van der Waals surface area contributed by atoms with Crippen LogP contribution in [0, 0.1) is 0 Å². The lowest BCUT2D eigenvalue weighted by Gasteiger charge is -2.33. The van der Waals surface area contributed by atoms with Gasteiger partial charge in [-0.15, -0.1) is 0 Å². The summed E-state index contributed by atoms with van der Waals surface area (Å²) in [4.78, 5) is 10.3. The molecule has 1 aliphatic rings. The van der Waals surface area contributed by atoms with Gasteiger partial charge in [0, 0.05) is 45.0 Å². The first-order valence-electron chi connectivity index (χ1n) is 9.28. The molecule has 1 aromatic rings. The van der Waals surface area contributed by atoms with E-state index in [1.165, 1.54) is 11.6 Å². The standard InChI is InChI=1S/C19H28F3N5O/c1-14(2)13-27-9-6-16(7-10-27)26-18(23-3)24-8-11-28-17-5-4-15(12-25-17)19(20,21)22/h4-5,12,16H,1,6-11,13H2,2-3H3,(H2,23,24,26). The molecule has 0 radical (unpaired) electrons. The van der Waals surface area contributed by atoms with Crippen molar-refractivity contribution in [3.8, 4) is 5.88 Å². The Morgan fingerprint density at radius 1 is 1.36 bits per heavy atom. The SMILES string of the molecule is C=C(C)CN1CCC(NC(=NC)NCCOc2ccc(C(F)(F)F)cn2)CC1. The second-order valence-corrected chi connectivity index (χ2v) is 6.88. The summed E-state index contributed by atoms with van der Waals surface area (Å²) in [5.41, 5.74) is 0.378. The van der Waals surface area contributed by atoms with E-state index in [2.05, 4.69) is 32.1 Å². The van der Waals surface area contributed by atoms with Gasteiger partial charge in [0.15, 0.2) is 5.96 Å². The molecular weight excluding hydrogens is 371 g/mol. The van der Waals surface area contributed by atoms with Crippen LogP contribution in [0.1, 0.15) is 25.3 Å². The van der Waals surface area contributed by atoms with E-state index in [1.54, 1.807) is 7.05 Å². The maximum Gasteiger partial charge on any atom is 0.417 e. The molecule has 0 unspecified atom stereocenters. The normalized spacial score (nSPS) is 16.7. The number of aliphatic imine (C=N–C) groups is 1. The zero-order valence-electron chi connectivity index (χ0n) is 16.4. The first-order valence-corrected chi connectivity index (χ1v) is 9.28. The summed E-state index contributed by atoms with van der Waals surface area (Å²) >= 11 is 0. The van der Waals surface area contributed by atoms with Crippen molar-refractivity contribution in [3.05, 3.63) is 36.0 Å². The number of halogens is 3. The molecule has 156 valence electrons. The number of hydrogen-bond donors (Lipinski definition) is 2. The Morgan fingerprint density at radius 3 is 2.61 bits per heavy atom. The Morgan fingerprint density at radius 2 is 2.07 bits per heavy atom. The van der Waals surface area contributed by atoms with Gasteiger partial charge in [-0.1, -0.05) is 12.2 Å². The van der Waals surface area contributed by atoms with Crippen LogP contribution >= 0.6 is 0 Å². The van der Waals surface area contributed by atoms with Gasteiger partial charge in [0.2, 0.25) is 5.88 Å². The number of piperidine rings is 1. The highest BCUT2D eigenvalue weighted by Crippen LogP contribution is 2.29. The van der Waals surface area contributed by atoms with E-state index in [0.717, 1.165) is 44.7 Å². The number of nitrogens with zero attached hydrogens (tertiary/aromatic N) is 3. The van der Waals surface area contributed by atoms with Crippen LogP contribution in [0.5, 0.6) is 5.88 Å².